The van der Waals surface area contributed by atoms with Gasteiger partial charge in [0, 0.05) is 16.2 Å². The van der Waals surface area contributed by atoms with E-state index in [1.165, 1.54) is 11.8 Å². The van der Waals surface area contributed by atoms with Gasteiger partial charge < -0.3 is 8.37 Å². The van der Waals surface area contributed by atoms with Gasteiger partial charge in [-0.3, -0.25) is 0 Å². The molecule has 6 nitrogen and oxygen atoms in total. The molecule has 0 saturated heterocycles. The Hall–Kier alpha value is -2.13. The summed E-state index contributed by atoms with van der Waals surface area (Å²) in [6.07, 6.45) is -0.189. The van der Waals surface area contributed by atoms with Crippen molar-refractivity contribution in [3.05, 3.63) is 54.1 Å². The monoisotopic (exact) mass is 510 g/mol. The highest BCUT2D eigenvalue weighted by molar-refractivity contribution is 7.99. The maximum absolute atomic E-state index is 12.7. The van der Waals surface area contributed by atoms with E-state index in [0.717, 1.165) is 17.0 Å². The summed E-state index contributed by atoms with van der Waals surface area (Å²) in [5.74, 6) is -2.52. The third kappa shape index (κ3) is 6.43. The van der Waals surface area contributed by atoms with Crippen LogP contribution in [-0.2, 0) is 26.7 Å². The maximum atomic E-state index is 12.7. The van der Waals surface area contributed by atoms with Crippen LogP contribution in [-0.4, -0.2) is 33.6 Å². The van der Waals surface area contributed by atoms with Crippen LogP contribution in [0.3, 0.4) is 0 Å². The van der Waals surface area contributed by atoms with Crippen LogP contribution in [0, 0.1) is 0 Å². The van der Waals surface area contributed by atoms with Crippen LogP contribution in [0.5, 0.6) is 11.5 Å². The first-order valence-electron chi connectivity index (χ1n) is 7.95. The normalized spacial score (nSPS) is 13.1. The zero-order valence-electron chi connectivity index (χ0n) is 15.0. The van der Waals surface area contributed by atoms with Gasteiger partial charge in [-0.1, -0.05) is 30.3 Å². The molecular weight excluding hydrogens is 498 g/mol. The summed E-state index contributed by atoms with van der Waals surface area (Å²) in [4.78, 5) is 0.750. The van der Waals surface area contributed by atoms with Crippen molar-refractivity contribution < 1.29 is 51.5 Å². The molecular formula is C16H12F6O6S3. The second-order valence-corrected chi connectivity index (χ2v) is 9.87. The van der Waals surface area contributed by atoms with E-state index < -0.39 is 42.8 Å². The topological polar surface area (TPSA) is 86.7 Å². The smallest absolute Gasteiger partial charge is 0.372 e. The average molecular weight is 510 g/mol. The predicted molar refractivity (Wildman–Crippen MR) is 98.5 cm³/mol. The first-order chi connectivity index (χ1) is 14.1. The zero-order chi connectivity index (χ0) is 23.5. The van der Waals surface area contributed by atoms with Crippen molar-refractivity contribution in [2.45, 2.75) is 22.3 Å². The number of benzene rings is 2. The summed E-state index contributed by atoms with van der Waals surface area (Å²) in [5, 5.41) is 0. The minimum Gasteiger partial charge on any atom is -0.372 e. The fourth-order valence-electron chi connectivity index (χ4n) is 2.04. The predicted octanol–water partition coefficient (Wildman–Crippen LogP) is 4.48. The Balaban J connectivity index is 2.42. The van der Waals surface area contributed by atoms with Gasteiger partial charge in [0.1, 0.15) is 0 Å². The lowest BCUT2D eigenvalue weighted by Gasteiger charge is -2.17. The lowest BCUT2D eigenvalue weighted by molar-refractivity contribution is -0.0513. The molecule has 172 valence electrons. The molecule has 2 aromatic rings. The van der Waals surface area contributed by atoms with Crippen molar-refractivity contribution in [3.63, 3.8) is 0 Å². The first kappa shape index (κ1) is 25.1. The molecule has 0 aromatic heterocycles. The van der Waals surface area contributed by atoms with E-state index in [0.29, 0.717) is 6.07 Å². The Labute approximate surface area is 177 Å². The van der Waals surface area contributed by atoms with Gasteiger partial charge in [0.15, 0.2) is 11.5 Å². The number of thioether (sulfide) groups is 1. The molecule has 0 radical (unpaired) electrons. The Bertz CT molecular complexity index is 1110. The van der Waals surface area contributed by atoms with Crippen LogP contribution in [0.1, 0.15) is 5.56 Å². The summed E-state index contributed by atoms with van der Waals surface area (Å²) in [5.41, 5.74) is -12.1. The number of hydrogen-bond acceptors (Lipinski definition) is 7. The number of hydrogen-bond donors (Lipinski definition) is 0. The van der Waals surface area contributed by atoms with Gasteiger partial charge in [-0.05, 0) is 24.6 Å². The first-order valence-corrected chi connectivity index (χ1v) is 11.8. The highest BCUT2D eigenvalue weighted by Gasteiger charge is 2.51. The largest absolute Gasteiger partial charge is 0.534 e. The highest BCUT2D eigenvalue weighted by Crippen LogP contribution is 2.39. The van der Waals surface area contributed by atoms with Crippen LogP contribution in [0.15, 0.2) is 53.4 Å². The maximum Gasteiger partial charge on any atom is 0.534 e. The van der Waals surface area contributed by atoms with Gasteiger partial charge in [0.2, 0.25) is 0 Å². The lowest BCUT2D eigenvalue weighted by atomic mass is 10.1. The van der Waals surface area contributed by atoms with Gasteiger partial charge in [0.25, 0.3) is 0 Å². The number of alkyl halides is 6. The van der Waals surface area contributed by atoms with E-state index in [1.807, 2.05) is 0 Å². The van der Waals surface area contributed by atoms with E-state index in [2.05, 4.69) is 8.37 Å². The van der Waals surface area contributed by atoms with Crippen molar-refractivity contribution in [2.24, 2.45) is 0 Å². The van der Waals surface area contributed by atoms with Gasteiger partial charge in [-0.15, -0.1) is 11.8 Å². The van der Waals surface area contributed by atoms with Crippen LogP contribution >= 0.6 is 11.8 Å². The van der Waals surface area contributed by atoms with Crippen LogP contribution in [0.25, 0.3) is 0 Å². The zero-order valence-corrected chi connectivity index (χ0v) is 17.4. The highest BCUT2D eigenvalue weighted by atomic mass is 32.2. The molecule has 0 N–H and O–H groups in total. The van der Waals surface area contributed by atoms with Crippen LogP contribution in [0.4, 0.5) is 26.3 Å². The van der Waals surface area contributed by atoms with Gasteiger partial charge in [-0.25, -0.2) is 0 Å². The quantitative estimate of drug-likeness (QED) is 0.224. The molecule has 0 aliphatic rings. The molecule has 15 heteroatoms. The molecule has 0 atom stereocenters. The Morgan fingerprint density at radius 3 is 1.84 bits per heavy atom. The molecule has 0 unspecified atom stereocenters. The number of para-hydroxylation sites is 1. The summed E-state index contributed by atoms with van der Waals surface area (Å²) < 4.78 is 129. The molecule has 0 bridgehead atoms. The third-order valence-electron chi connectivity index (χ3n) is 3.40. The standard InChI is InChI=1S/C16H12F6O6S3/c17-15(18,19)30(23,24)27-13-8-4-5-11(9-10-29-12-6-2-1-3-7-12)14(13)28-31(25,26)16(20,21)22/h1-8H,9-10H2. The molecule has 2 aromatic carbocycles. The molecule has 31 heavy (non-hydrogen) atoms. The van der Waals surface area contributed by atoms with Crippen LogP contribution < -0.4 is 8.37 Å². The second-order valence-electron chi connectivity index (χ2n) is 5.62. The van der Waals surface area contributed by atoms with Gasteiger partial charge >= 0.3 is 31.3 Å². The van der Waals surface area contributed by atoms with Gasteiger partial charge in [-0.2, -0.15) is 43.2 Å². The van der Waals surface area contributed by atoms with Crippen molar-refractivity contribution in [2.75, 3.05) is 5.75 Å². The number of aryl methyl sites for hydroxylation is 1. The molecule has 0 aliphatic carbocycles. The van der Waals surface area contributed by atoms with Gasteiger partial charge in [0.05, 0.1) is 0 Å². The summed E-state index contributed by atoms with van der Waals surface area (Å²) in [7, 11) is -12.6. The average Bonchev–Trinajstić information content (AvgIpc) is 2.63. The molecule has 0 aliphatic heterocycles. The van der Waals surface area contributed by atoms with E-state index in [-0.39, 0.29) is 17.7 Å². The molecule has 0 spiro atoms. The van der Waals surface area contributed by atoms with E-state index in [1.54, 1.807) is 30.3 Å². The van der Waals surface area contributed by atoms with E-state index in [9.17, 15) is 43.2 Å². The van der Waals surface area contributed by atoms with Crippen molar-refractivity contribution in [1.29, 1.82) is 0 Å². The van der Waals surface area contributed by atoms with Crippen molar-refractivity contribution >= 4 is 32.0 Å². The SMILES string of the molecule is O=S(=O)(Oc1cccc(CCSc2ccccc2)c1OS(=O)(=O)C(F)(F)F)C(F)(F)F. The molecule has 0 amide bonds. The van der Waals surface area contributed by atoms with Crippen molar-refractivity contribution in [3.8, 4) is 11.5 Å². The fourth-order valence-corrected chi connectivity index (χ4v) is 3.91. The number of halogens is 6. The lowest BCUT2D eigenvalue weighted by Crippen LogP contribution is -2.30. The number of rotatable bonds is 8. The Kier molecular flexibility index (Phi) is 7.43. The minimum absolute atomic E-state index is 0.141. The minimum atomic E-state index is -6.33. The third-order valence-corrected chi connectivity index (χ3v) is 6.34. The van der Waals surface area contributed by atoms with E-state index in [4.69, 9.17) is 0 Å². The molecule has 2 rings (SSSR count). The summed E-state index contributed by atoms with van der Waals surface area (Å²) in [6, 6.07) is 11.2. The van der Waals surface area contributed by atoms with E-state index >= 15 is 0 Å². The molecule has 0 saturated carbocycles. The summed E-state index contributed by atoms with van der Waals surface area (Å²) >= 11 is 1.20. The van der Waals surface area contributed by atoms with Crippen molar-refractivity contribution in [1.82, 2.24) is 0 Å². The Morgan fingerprint density at radius 1 is 0.742 bits per heavy atom. The summed E-state index contributed by atoms with van der Waals surface area (Å²) in [6.45, 7) is 0. The molecule has 0 fully saturated rings. The fraction of sp³-hybridized carbons (Fsp3) is 0.250. The van der Waals surface area contributed by atoms with Crippen LogP contribution in [0.2, 0.25) is 0 Å². The Morgan fingerprint density at radius 2 is 1.29 bits per heavy atom. The molecule has 0 heterocycles. The second kappa shape index (κ2) is 9.16.